The van der Waals surface area contributed by atoms with Crippen LogP contribution in [0.4, 0.5) is 0 Å². The molecule has 2 aliphatic rings. The molecule has 2 heterocycles. The van der Waals surface area contributed by atoms with E-state index in [1.54, 1.807) is 6.20 Å². The van der Waals surface area contributed by atoms with Gasteiger partial charge in [-0.25, -0.2) is 0 Å². The maximum Gasteiger partial charge on any atom is 0.313 e. The minimum atomic E-state index is -0.315. The Morgan fingerprint density at radius 3 is 2.64 bits per heavy atom. The van der Waals surface area contributed by atoms with Gasteiger partial charge in [0.2, 0.25) is 0 Å². The van der Waals surface area contributed by atoms with E-state index in [1.807, 2.05) is 30.3 Å². The van der Waals surface area contributed by atoms with Gasteiger partial charge in [-0.1, -0.05) is 32.0 Å². The fourth-order valence-corrected chi connectivity index (χ4v) is 5.18. The van der Waals surface area contributed by atoms with Crippen LogP contribution in [-0.2, 0) is 22.7 Å². The number of pyridine rings is 1. The van der Waals surface area contributed by atoms with Crippen LogP contribution in [0.2, 0.25) is 0 Å². The molecule has 1 aromatic heterocycles. The highest BCUT2D eigenvalue weighted by Crippen LogP contribution is 2.63. The second kappa shape index (κ2) is 7.21. The van der Waals surface area contributed by atoms with Crippen LogP contribution in [0.1, 0.15) is 31.5 Å². The summed E-state index contributed by atoms with van der Waals surface area (Å²) in [5.74, 6) is 1.16. The lowest BCUT2D eigenvalue weighted by Crippen LogP contribution is -2.57. The summed E-state index contributed by atoms with van der Waals surface area (Å²) in [6, 6.07) is 14.0. The van der Waals surface area contributed by atoms with E-state index in [0.717, 1.165) is 37.5 Å². The third-order valence-corrected chi connectivity index (χ3v) is 6.36. The highest BCUT2D eigenvalue weighted by molar-refractivity contribution is 5.80. The van der Waals surface area contributed by atoms with E-state index in [2.05, 4.69) is 35.9 Å². The molecular weight excluding hydrogens is 352 g/mol. The number of hydrogen-bond donors (Lipinski definition) is 0. The predicted molar refractivity (Wildman–Crippen MR) is 107 cm³/mol. The highest BCUT2D eigenvalue weighted by atomic mass is 16.5. The second-order valence-corrected chi connectivity index (χ2v) is 8.79. The number of fused-ring (bicyclic) bond motifs is 1. The average molecular weight is 380 g/mol. The zero-order valence-corrected chi connectivity index (χ0v) is 16.9. The van der Waals surface area contributed by atoms with Gasteiger partial charge in [-0.3, -0.25) is 14.7 Å². The largest absolute Gasteiger partial charge is 0.487 e. The lowest BCUT2D eigenvalue weighted by atomic mass is 9.48. The number of hydrogen-bond acceptors (Lipinski definition) is 5. The van der Waals surface area contributed by atoms with Gasteiger partial charge in [0.25, 0.3) is 0 Å². The Morgan fingerprint density at radius 1 is 1.21 bits per heavy atom. The van der Waals surface area contributed by atoms with Crippen LogP contribution in [-0.4, -0.2) is 36.1 Å². The minimum absolute atomic E-state index is 0.0439. The summed E-state index contributed by atoms with van der Waals surface area (Å²) >= 11 is 0. The fraction of sp³-hybridized carbons (Fsp3) is 0.478. The van der Waals surface area contributed by atoms with Crippen LogP contribution in [0.25, 0.3) is 0 Å². The first-order valence-electron chi connectivity index (χ1n) is 9.85. The average Bonchev–Trinajstić information content (AvgIpc) is 3.02. The topological polar surface area (TPSA) is 51.7 Å². The normalized spacial score (nSPS) is 25.6. The summed E-state index contributed by atoms with van der Waals surface area (Å²) in [5, 5.41) is 0. The Labute approximate surface area is 166 Å². The van der Waals surface area contributed by atoms with Gasteiger partial charge in [0.15, 0.2) is 0 Å². The molecule has 1 saturated heterocycles. The molecule has 5 heteroatoms. The van der Waals surface area contributed by atoms with Crippen molar-refractivity contribution >= 4 is 5.97 Å². The van der Waals surface area contributed by atoms with Crippen molar-refractivity contribution in [2.75, 3.05) is 20.2 Å². The molecule has 2 atom stereocenters. The number of rotatable bonds is 6. The number of carbonyl (C=O) groups excluding carboxylic acids is 1. The van der Waals surface area contributed by atoms with Crippen LogP contribution in [0.15, 0.2) is 48.7 Å². The van der Waals surface area contributed by atoms with Crippen LogP contribution in [0, 0.1) is 16.7 Å². The molecule has 2 aromatic rings. The van der Waals surface area contributed by atoms with E-state index in [1.165, 1.54) is 12.7 Å². The number of likely N-dealkylation sites (tertiary alicyclic amines) is 1. The van der Waals surface area contributed by atoms with Crippen molar-refractivity contribution in [2.24, 2.45) is 16.7 Å². The van der Waals surface area contributed by atoms with Gasteiger partial charge in [0.1, 0.15) is 12.4 Å². The van der Waals surface area contributed by atoms with E-state index < -0.39 is 0 Å². The molecule has 1 aliphatic heterocycles. The molecule has 148 valence electrons. The Hall–Kier alpha value is -2.40. The van der Waals surface area contributed by atoms with E-state index in [4.69, 9.17) is 9.47 Å². The Morgan fingerprint density at radius 2 is 2.00 bits per heavy atom. The van der Waals surface area contributed by atoms with Crippen molar-refractivity contribution in [2.45, 2.75) is 33.4 Å². The van der Waals surface area contributed by atoms with Crippen LogP contribution in [0.5, 0.6) is 5.75 Å². The third-order valence-electron chi connectivity index (χ3n) is 6.36. The summed E-state index contributed by atoms with van der Waals surface area (Å²) in [6.07, 6.45) is 2.68. The summed E-state index contributed by atoms with van der Waals surface area (Å²) in [4.78, 5) is 19.1. The molecule has 1 saturated carbocycles. The first-order chi connectivity index (χ1) is 13.4. The molecule has 5 nitrogen and oxygen atoms in total. The Bertz CT molecular complexity index is 835. The number of methoxy groups -OCH3 is 1. The minimum Gasteiger partial charge on any atom is -0.487 e. The van der Waals surface area contributed by atoms with E-state index in [-0.39, 0.29) is 16.8 Å². The molecule has 28 heavy (non-hydrogen) atoms. The molecular formula is C23H28N2O3. The number of benzene rings is 1. The van der Waals surface area contributed by atoms with Crippen LogP contribution < -0.4 is 4.74 Å². The quantitative estimate of drug-likeness (QED) is 0.716. The highest BCUT2D eigenvalue weighted by Gasteiger charge is 2.67. The summed E-state index contributed by atoms with van der Waals surface area (Å²) in [6.45, 7) is 7.55. The molecule has 0 spiro atoms. The molecule has 0 unspecified atom stereocenters. The third kappa shape index (κ3) is 3.39. The summed E-state index contributed by atoms with van der Waals surface area (Å²) < 4.78 is 11.0. The van der Waals surface area contributed by atoms with E-state index in [9.17, 15) is 4.79 Å². The van der Waals surface area contributed by atoms with E-state index >= 15 is 0 Å². The van der Waals surface area contributed by atoms with Crippen molar-refractivity contribution < 1.29 is 14.3 Å². The lowest BCUT2D eigenvalue weighted by Gasteiger charge is -2.54. The summed E-state index contributed by atoms with van der Waals surface area (Å²) in [5.41, 5.74) is 2.02. The van der Waals surface area contributed by atoms with Crippen molar-refractivity contribution in [1.82, 2.24) is 9.88 Å². The zero-order valence-electron chi connectivity index (χ0n) is 16.9. The number of aromatic nitrogens is 1. The van der Waals surface area contributed by atoms with Gasteiger partial charge in [-0.2, -0.15) is 0 Å². The molecule has 1 aromatic carbocycles. The molecule has 0 amide bonds. The van der Waals surface area contributed by atoms with Gasteiger partial charge in [0.05, 0.1) is 18.2 Å². The lowest BCUT2D eigenvalue weighted by molar-refractivity contribution is -0.174. The number of esters is 1. The Kier molecular flexibility index (Phi) is 4.88. The fourth-order valence-electron chi connectivity index (χ4n) is 5.18. The molecule has 1 aliphatic carbocycles. The number of ether oxygens (including phenoxy) is 2. The number of nitrogens with zero attached hydrogens (tertiary/aromatic N) is 2. The summed E-state index contributed by atoms with van der Waals surface area (Å²) in [7, 11) is 1.51. The SMILES string of the molecule is COC(=O)[C@@]12CN(Cc3ccc(OCc4ccccn4)cc3)C[C@@H]1C(C)(C)C2. The van der Waals surface area contributed by atoms with Crippen molar-refractivity contribution in [3.63, 3.8) is 0 Å². The standard InChI is InChI=1S/C23H28N2O3/c1-22(2)15-23(21(26)27-3)16-25(13-20(22)23)12-17-7-9-19(10-8-17)28-14-18-6-4-5-11-24-18/h4-11,20H,12-16H2,1-3H3/t20-,23+/m1/s1. The number of carbonyl (C=O) groups is 1. The zero-order chi connectivity index (χ0) is 19.8. The molecule has 0 radical (unpaired) electrons. The van der Waals surface area contributed by atoms with Crippen LogP contribution in [0.3, 0.4) is 0 Å². The molecule has 2 fully saturated rings. The maximum atomic E-state index is 12.4. The molecule has 0 N–H and O–H groups in total. The first-order valence-corrected chi connectivity index (χ1v) is 9.85. The molecule has 0 bridgehead atoms. The van der Waals surface area contributed by atoms with Crippen molar-refractivity contribution in [3.8, 4) is 5.75 Å². The second-order valence-electron chi connectivity index (χ2n) is 8.79. The van der Waals surface area contributed by atoms with Gasteiger partial charge < -0.3 is 9.47 Å². The monoisotopic (exact) mass is 380 g/mol. The first kappa shape index (κ1) is 18.9. The van der Waals surface area contributed by atoms with E-state index in [0.29, 0.717) is 12.5 Å². The predicted octanol–water partition coefficient (Wildman–Crippen LogP) is 3.68. The van der Waals surface area contributed by atoms with Gasteiger partial charge >= 0.3 is 5.97 Å². The van der Waals surface area contributed by atoms with Gasteiger partial charge in [-0.15, -0.1) is 0 Å². The smallest absolute Gasteiger partial charge is 0.313 e. The molecule has 4 rings (SSSR count). The Balaban J connectivity index is 1.37. The maximum absolute atomic E-state index is 12.4. The van der Waals surface area contributed by atoms with Gasteiger partial charge in [-0.05, 0) is 47.6 Å². The van der Waals surface area contributed by atoms with Crippen molar-refractivity contribution in [3.05, 3.63) is 59.9 Å². The van der Waals surface area contributed by atoms with Gasteiger partial charge in [0, 0.05) is 25.8 Å². The van der Waals surface area contributed by atoms with Crippen LogP contribution >= 0.6 is 0 Å². The van der Waals surface area contributed by atoms with Crippen molar-refractivity contribution in [1.29, 1.82) is 0 Å².